The summed E-state index contributed by atoms with van der Waals surface area (Å²) in [6, 6.07) is 16.4. The van der Waals surface area contributed by atoms with Gasteiger partial charge in [0.15, 0.2) is 6.23 Å². The van der Waals surface area contributed by atoms with Crippen LogP contribution in [0.15, 0.2) is 54.6 Å². The highest BCUT2D eigenvalue weighted by molar-refractivity contribution is 5.64. The summed E-state index contributed by atoms with van der Waals surface area (Å²) in [7, 11) is 3.42. The summed E-state index contributed by atoms with van der Waals surface area (Å²) in [5.74, 6) is 1.10. The van der Waals surface area contributed by atoms with Crippen molar-refractivity contribution in [1.29, 1.82) is 0 Å². The first-order valence-electron chi connectivity index (χ1n) is 6.90. The average Bonchev–Trinajstić information content (AvgIpc) is 2.55. The lowest BCUT2D eigenvalue weighted by molar-refractivity contribution is 0.0661. The van der Waals surface area contributed by atoms with E-state index in [1.165, 1.54) is 0 Å². The van der Waals surface area contributed by atoms with E-state index in [0.717, 1.165) is 5.69 Å². The predicted octanol–water partition coefficient (Wildman–Crippen LogP) is 3.69. The van der Waals surface area contributed by atoms with Gasteiger partial charge in [-0.15, -0.1) is 0 Å². The Morgan fingerprint density at radius 3 is 2.18 bits per heavy atom. The number of anilines is 1. The number of hydrogen-bond acceptors (Lipinski definition) is 5. The molecule has 0 radical (unpaired) electrons. The lowest BCUT2D eigenvalue weighted by Crippen LogP contribution is -2.34. The molecule has 2 aromatic carbocycles. The SMILES string of the molecule is COc1ccc(OC(=O)OC(C)N(C)c2ccccc2)cc1. The van der Waals surface area contributed by atoms with Gasteiger partial charge in [-0.3, -0.25) is 0 Å². The molecule has 5 heteroatoms. The van der Waals surface area contributed by atoms with E-state index < -0.39 is 12.4 Å². The Hall–Kier alpha value is -2.69. The minimum atomic E-state index is -0.750. The van der Waals surface area contributed by atoms with Gasteiger partial charge in [0.25, 0.3) is 0 Å². The van der Waals surface area contributed by atoms with Gasteiger partial charge in [-0.25, -0.2) is 4.79 Å². The fraction of sp³-hybridized carbons (Fsp3) is 0.235. The maximum absolute atomic E-state index is 11.8. The fourth-order valence-electron chi connectivity index (χ4n) is 1.86. The Balaban J connectivity index is 1.90. The fourth-order valence-corrected chi connectivity index (χ4v) is 1.86. The zero-order valence-electron chi connectivity index (χ0n) is 12.9. The van der Waals surface area contributed by atoms with Crippen LogP contribution in [0.2, 0.25) is 0 Å². The minimum absolute atomic E-state index is 0.403. The van der Waals surface area contributed by atoms with E-state index in [9.17, 15) is 4.79 Å². The van der Waals surface area contributed by atoms with Gasteiger partial charge in [-0.1, -0.05) is 18.2 Å². The predicted molar refractivity (Wildman–Crippen MR) is 84.4 cm³/mol. The third kappa shape index (κ3) is 4.15. The highest BCUT2D eigenvalue weighted by Gasteiger charge is 2.16. The van der Waals surface area contributed by atoms with E-state index in [4.69, 9.17) is 14.2 Å². The van der Waals surface area contributed by atoms with Crippen LogP contribution in [0.1, 0.15) is 6.92 Å². The zero-order valence-corrected chi connectivity index (χ0v) is 12.9. The molecule has 22 heavy (non-hydrogen) atoms. The Kier molecular flexibility index (Phi) is 5.25. The van der Waals surface area contributed by atoms with Crippen molar-refractivity contribution in [3.63, 3.8) is 0 Å². The zero-order chi connectivity index (χ0) is 15.9. The highest BCUT2D eigenvalue weighted by atomic mass is 16.7. The molecule has 0 aliphatic carbocycles. The second kappa shape index (κ2) is 7.36. The number of hydrogen-bond donors (Lipinski definition) is 0. The molecule has 0 spiro atoms. The summed E-state index contributed by atoms with van der Waals surface area (Å²) in [6.07, 6.45) is -1.20. The van der Waals surface area contributed by atoms with Gasteiger partial charge in [0.1, 0.15) is 11.5 Å². The maximum atomic E-state index is 11.8. The van der Waals surface area contributed by atoms with Crippen molar-refractivity contribution in [3.05, 3.63) is 54.6 Å². The molecular formula is C17H19NO4. The number of para-hydroxylation sites is 1. The van der Waals surface area contributed by atoms with Crippen LogP contribution in [0.4, 0.5) is 10.5 Å². The van der Waals surface area contributed by atoms with Gasteiger partial charge < -0.3 is 19.1 Å². The lowest BCUT2D eigenvalue weighted by Gasteiger charge is -2.26. The number of ether oxygens (including phenoxy) is 3. The smallest absolute Gasteiger partial charge is 0.497 e. The number of benzene rings is 2. The van der Waals surface area contributed by atoms with Gasteiger partial charge in [0.05, 0.1) is 7.11 Å². The molecule has 0 N–H and O–H groups in total. The van der Waals surface area contributed by atoms with Crippen molar-refractivity contribution in [3.8, 4) is 11.5 Å². The molecule has 2 aromatic rings. The number of nitrogens with zero attached hydrogens (tertiary/aromatic N) is 1. The molecule has 5 nitrogen and oxygen atoms in total. The van der Waals surface area contributed by atoms with E-state index in [0.29, 0.717) is 11.5 Å². The summed E-state index contributed by atoms with van der Waals surface area (Å²) in [4.78, 5) is 13.7. The van der Waals surface area contributed by atoms with E-state index in [-0.39, 0.29) is 0 Å². The molecule has 1 unspecified atom stereocenters. The van der Waals surface area contributed by atoms with Crippen molar-refractivity contribution < 1.29 is 19.0 Å². The normalized spacial score (nSPS) is 11.4. The molecular weight excluding hydrogens is 282 g/mol. The molecule has 0 aliphatic rings. The van der Waals surface area contributed by atoms with Gasteiger partial charge in [0, 0.05) is 12.7 Å². The van der Waals surface area contributed by atoms with Crippen LogP contribution in [-0.2, 0) is 4.74 Å². The van der Waals surface area contributed by atoms with E-state index in [1.54, 1.807) is 38.3 Å². The van der Waals surface area contributed by atoms with Crippen molar-refractivity contribution in [1.82, 2.24) is 0 Å². The molecule has 2 rings (SSSR count). The molecule has 0 aliphatic heterocycles. The van der Waals surface area contributed by atoms with Crippen molar-refractivity contribution in [2.45, 2.75) is 13.2 Å². The van der Waals surface area contributed by atoms with E-state index >= 15 is 0 Å². The first kappa shape index (κ1) is 15.7. The van der Waals surface area contributed by atoms with Crippen LogP contribution in [-0.4, -0.2) is 26.5 Å². The largest absolute Gasteiger partial charge is 0.515 e. The number of rotatable bonds is 5. The standard InChI is InChI=1S/C17H19NO4/c1-13(18(2)14-7-5-4-6-8-14)21-17(19)22-16-11-9-15(20-3)10-12-16/h4-13H,1-3H3. The molecule has 0 heterocycles. The third-order valence-corrected chi connectivity index (χ3v) is 3.24. The third-order valence-electron chi connectivity index (χ3n) is 3.24. The Morgan fingerprint density at radius 2 is 1.59 bits per heavy atom. The molecule has 0 fully saturated rings. The summed E-state index contributed by atoms with van der Waals surface area (Å²) >= 11 is 0. The van der Waals surface area contributed by atoms with Crippen LogP contribution < -0.4 is 14.4 Å². The molecule has 0 amide bonds. The Bertz CT molecular complexity index is 598. The monoisotopic (exact) mass is 301 g/mol. The maximum Gasteiger partial charge on any atom is 0.515 e. The number of carbonyl (C=O) groups excluding carboxylic acids is 1. The quantitative estimate of drug-likeness (QED) is 0.479. The van der Waals surface area contributed by atoms with Crippen LogP contribution in [0, 0.1) is 0 Å². The first-order chi connectivity index (χ1) is 10.6. The average molecular weight is 301 g/mol. The summed E-state index contributed by atoms with van der Waals surface area (Å²) in [5, 5.41) is 0. The molecule has 0 bridgehead atoms. The number of carbonyl (C=O) groups is 1. The van der Waals surface area contributed by atoms with Crippen molar-refractivity contribution >= 4 is 11.8 Å². The van der Waals surface area contributed by atoms with Gasteiger partial charge >= 0.3 is 6.16 Å². The molecule has 0 aromatic heterocycles. The minimum Gasteiger partial charge on any atom is -0.497 e. The van der Waals surface area contributed by atoms with Crippen LogP contribution in [0.25, 0.3) is 0 Å². The highest BCUT2D eigenvalue weighted by Crippen LogP contribution is 2.19. The number of methoxy groups -OCH3 is 1. The van der Waals surface area contributed by atoms with Gasteiger partial charge in [0.2, 0.25) is 0 Å². The van der Waals surface area contributed by atoms with Crippen LogP contribution in [0.3, 0.4) is 0 Å². The summed E-state index contributed by atoms with van der Waals surface area (Å²) in [5.41, 5.74) is 0.951. The molecule has 0 saturated carbocycles. The topological polar surface area (TPSA) is 48.0 Å². The van der Waals surface area contributed by atoms with Crippen molar-refractivity contribution in [2.75, 3.05) is 19.1 Å². The molecule has 116 valence electrons. The second-order valence-corrected chi connectivity index (χ2v) is 4.69. The first-order valence-corrected chi connectivity index (χ1v) is 6.90. The summed E-state index contributed by atoms with van der Waals surface area (Å²) < 4.78 is 15.4. The van der Waals surface area contributed by atoms with Crippen LogP contribution in [0.5, 0.6) is 11.5 Å². The Morgan fingerprint density at radius 1 is 1.00 bits per heavy atom. The van der Waals surface area contributed by atoms with Gasteiger partial charge in [-0.2, -0.15) is 0 Å². The second-order valence-electron chi connectivity index (χ2n) is 4.69. The van der Waals surface area contributed by atoms with E-state index in [1.807, 2.05) is 42.3 Å². The Labute approximate surface area is 130 Å². The van der Waals surface area contributed by atoms with Crippen LogP contribution >= 0.6 is 0 Å². The van der Waals surface area contributed by atoms with E-state index in [2.05, 4.69) is 0 Å². The molecule has 0 saturated heterocycles. The van der Waals surface area contributed by atoms with Gasteiger partial charge in [-0.05, 0) is 43.3 Å². The van der Waals surface area contributed by atoms with Crippen molar-refractivity contribution in [2.24, 2.45) is 0 Å². The molecule has 1 atom stereocenters. The lowest BCUT2D eigenvalue weighted by atomic mass is 10.3. The summed E-state index contributed by atoms with van der Waals surface area (Å²) in [6.45, 7) is 1.78.